The van der Waals surface area contributed by atoms with Gasteiger partial charge >= 0.3 is 0 Å². The first kappa shape index (κ1) is 16.4. The van der Waals surface area contributed by atoms with Crippen LogP contribution in [0.3, 0.4) is 0 Å². The standard InChI is InChI=1S/C20H26O2/c1-7-20(6,16-8-14(4)18(21)10-12(16)2)17-9-15(5)19(22)11-13(17)3/h8-11,21-22H,7H2,1-6H3. The SMILES string of the molecule is CCC(C)(c1cc(C)c(O)cc1C)c1cc(C)c(O)cc1C. The molecule has 22 heavy (non-hydrogen) atoms. The molecule has 0 radical (unpaired) electrons. The molecule has 2 N–H and O–H groups in total. The van der Waals surface area contributed by atoms with Crippen LogP contribution in [0.25, 0.3) is 0 Å². The lowest BCUT2D eigenvalue weighted by molar-refractivity contribution is 0.466. The highest BCUT2D eigenvalue weighted by Gasteiger charge is 2.31. The van der Waals surface area contributed by atoms with Crippen LogP contribution in [0.2, 0.25) is 0 Å². The van der Waals surface area contributed by atoms with Gasteiger partial charge in [-0.1, -0.05) is 26.0 Å². The van der Waals surface area contributed by atoms with Crippen molar-refractivity contribution in [2.24, 2.45) is 0 Å². The first-order valence-electron chi connectivity index (χ1n) is 7.82. The Bertz CT molecular complexity index is 657. The summed E-state index contributed by atoms with van der Waals surface area (Å²) < 4.78 is 0. The number of phenols is 2. The molecular weight excluding hydrogens is 272 g/mol. The monoisotopic (exact) mass is 298 g/mol. The molecule has 0 saturated heterocycles. The molecule has 0 amide bonds. The Morgan fingerprint density at radius 2 is 1.09 bits per heavy atom. The Kier molecular flexibility index (Phi) is 4.23. The van der Waals surface area contributed by atoms with Crippen LogP contribution in [0.1, 0.15) is 53.6 Å². The summed E-state index contributed by atoms with van der Waals surface area (Å²) in [6.45, 7) is 12.4. The van der Waals surface area contributed by atoms with Crippen molar-refractivity contribution in [3.8, 4) is 11.5 Å². The summed E-state index contributed by atoms with van der Waals surface area (Å²) in [5, 5.41) is 19.9. The third-order valence-corrected chi connectivity index (χ3v) is 4.98. The summed E-state index contributed by atoms with van der Waals surface area (Å²) in [7, 11) is 0. The van der Waals surface area contributed by atoms with Crippen LogP contribution in [0, 0.1) is 27.7 Å². The van der Waals surface area contributed by atoms with Crippen molar-refractivity contribution in [3.05, 3.63) is 57.6 Å². The average molecular weight is 298 g/mol. The number of hydrogen-bond acceptors (Lipinski definition) is 2. The van der Waals surface area contributed by atoms with E-state index in [1.807, 2.05) is 39.8 Å². The van der Waals surface area contributed by atoms with E-state index in [4.69, 9.17) is 0 Å². The molecular formula is C20H26O2. The van der Waals surface area contributed by atoms with Gasteiger partial charge in [-0.25, -0.2) is 0 Å². The molecule has 0 aromatic heterocycles. The maximum Gasteiger partial charge on any atom is 0.118 e. The molecule has 2 rings (SSSR count). The number of hydrogen-bond donors (Lipinski definition) is 2. The van der Waals surface area contributed by atoms with Gasteiger partial charge in [0, 0.05) is 5.41 Å². The van der Waals surface area contributed by atoms with Crippen LogP contribution in [0.4, 0.5) is 0 Å². The van der Waals surface area contributed by atoms with E-state index >= 15 is 0 Å². The topological polar surface area (TPSA) is 40.5 Å². The van der Waals surface area contributed by atoms with Crippen molar-refractivity contribution in [1.29, 1.82) is 0 Å². The van der Waals surface area contributed by atoms with Gasteiger partial charge in [0.15, 0.2) is 0 Å². The van der Waals surface area contributed by atoms with Crippen LogP contribution < -0.4 is 0 Å². The normalized spacial score (nSPS) is 11.7. The minimum Gasteiger partial charge on any atom is -0.508 e. The highest BCUT2D eigenvalue weighted by atomic mass is 16.3. The summed E-state index contributed by atoms with van der Waals surface area (Å²) in [5.74, 6) is 0.691. The van der Waals surface area contributed by atoms with Gasteiger partial charge in [0.2, 0.25) is 0 Å². The molecule has 0 aliphatic carbocycles. The first-order valence-corrected chi connectivity index (χ1v) is 7.82. The van der Waals surface area contributed by atoms with E-state index in [1.54, 1.807) is 0 Å². The number of aryl methyl sites for hydroxylation is 4. The maximum absolute atomic E-state index is 9.94. The zero-order valence-electron chi connectivity index (χ0n) is 14.4. The molecule has 0 bridgehead atoms. The molecule has 0 saturated carbocycles. The fourth-order valence-electron chi connectivity index (χ4n) is 3.32. The van der Waals surface area contributed by atoms with E-state index in [2.05, 4.69) is 26.0 Å². The summed E-state index contributed by atoms with van der Waals surface area (Å²) in [4.78, 5) is 0. The van der Waals surface area contributed by atoms with E-state index in [0.29, 0.717) is 11.5 Å². The summed E-state index contributed by atoms with van der Waals surface area (Å²) in [6.07, 6.45) is 0.948. The van der Waals surface area contributed by atoms with Gasteiger partial charge in [0.1, 0.15) is 11.5 Å². The second-order valence-electron chi connectivity index (χ2n) is 6.59. The van der Waals surface area contributed by atoms with Crippen LogP contribution in [-0.4, -0.2) is 10.2 Å². The maximum atomic E-state index is 9.94. The van der Waals surface area contributed by atoms with Gasteiger partial charge in [-0.3, -0.25) is 0 Å². The summed E-state index contributed by atoms with van der Waals surface area (Å²) >= 11 is 0. The number of aromatic hydroxyl groups is 2. The molecule has 0 fully saturated rings. The smallest absolute Gasteiger partial charge is 0.118 e. The molecule has 0 atom stereocenters. The zero-order valence-corrected chi connectivity index (χ0v) is 14.4. The molecule has 2 aromatic carbocycles. The van der Waals surface area contributed by atoms with Crippen molar-refractivity contribution in [3.63, 3.8) is 0 Å². The lowest BCUT2D eigenvalue weighted by atomic mass is 9.70. The molecule has 118 valence electrons. The average Bonchev–Trinajstić information content (AvgIpc) is 2.46. The third-order valence-electron chi connectivity index (χ3n) is 4.98. The lowest BCUT2D eigenvalue weighted by Gasteiger charge is -2.33. The summed E-state index contributed by atoms with van der Waals surface area (Å²) in [6, 6.07) is 7.88. The lowest BCUT2D eigenvalue weighted by Crippen LogP contribution is -2.25. The Labute approximate surface area is 133 Å². The molecule has 0 aliphatic heterocycles. The second kappa shape index (κ2) is 5.68. The fourth-order valence-corrected chi connectivity index (χ4v) is 3.32. The molecule has 0 aliphatic rings. The molecule has 2 nitrogen and oxygen atoms in total. The number of benzene rings is 2. The minimum absolute atomic E-state index is 0.148. The Balaban J connectivity index is 2.73. The first-order chi connectivity index (χ1) is 10.2. The highest BCUT2D eigenvalue weighted by Crippen LogP contribution is 2.41. The minimum atomic E-state index is -0.148. The van der Waals surface area contributed by atoms with Gasteiger partial charge in [-0.15, -0.1) is 0 Å². The Morgan fingerprint density at radius 1 is 0.727 bits per heavy atom. The van der Waals surface area contributed by atoms with Gasteiger partial charge in [-0.2, -0.15) is 0 Å². The van der Waals surface area contributed by atoms with Gasteiger partial charge < -0.3 is 10.2 Å². The molecule has 2 heteroatoms. The van der Waals surface area contributed by atoms with Crippen molar-refractivity contribution < 1.29 is 10.2 Å². The van der Waals surface area contributed by atoms with Crippen LogP contribution in [0.15, 0.2) is 24.3 Å². The Hall–Kier alpha value is -1.96. The van der Waals surface area contributed by atoms with E-state index in [-0.39, 0.29) is 5.41 Å². The van der Waals surface area contributed by atoms with Crippen LogP contribution in [0.5, 0.6) is 11.5 Å². The molecule has 0 heterocycles. The van der Waals surface area contributed by atoms with Crippen molar-refractivity contribution in [1.82, 2.24) is 0 Å². The van der Waals surface area contributed by atoms with Gasteiger partial charge in [0.25, 0.3) is 0 Å². The van der Waals surface area contributed by atoms with Crippen molar-refractivity contribution in [2.75, 3.05) is 0 Å². The van der Waals surface area contributed by atoms with Crippen LogP contribution >= 0.6 is 0 Å². The number of rotatable bonds is 3. The summed E-state index contributed by atoms with van der Waals surface area (Å²) in [5.41, 5.74) is 6.31. The van der Waals surface area contributed by atoms with Gasteiger partial charge in [0.05, 0.1) is 0 Å². The molecule has 0 spiro atoms. The van der Waals surface area contributed by atoms with Crippen molar-refractivity contribution in [2.45, 2.75) is 53.4 Å². The molecule has 0 unspecified atom stereocenters. The predicted octanol–water partition coefficient (Wildman–Crippen LogP) is 5.05. The Morgan fingerprint density at radius 3 is 1.41 bits per heavy atom. The molecule has 2 aromatic rings. The van der Waals surface area contributed by atoms with Crippen LogP contribution in [-0.2, 0) is 5.41 Å². The highest BCUT2D eigenvalue weighted by molar-refractivity contribution is 5.52. The number of phenolic OH excluding ortho intramolecular Hbond substituents is 2. The quantitative estimate of drug-likeness (QED) is 0.832. The van der Waals surface area contributed by atoms with E-state index in [0.717, 1.165) is 28.7 Å². The largest absolute Gasteiger partial charge is 0.508 e. The zero-order chi connectivity index (χ0) is 16.7. The van der Waals surface area contributed by atoms with E-state index < -0.39 is 0 Å². The van der Waals surface area contributed by atoms with Crippen molar-refractivity contribution >= 4 is 0 Å². The second-order valence-corrected chi connectivity index (χ2v) is 6.59. The fraction of sp³-hybridized carbons (Fsp3) is 0.400. The predicted molar refractivity (Wildman–Crippen MR) is 91.9 cm³/mol. The third kappa shape index (κ3) is 2.58. The van der Waals surface area contributed by atoms with E-state index in [9.17, 15) is 10.2 Å². The van der Waals surface area contributed by atoms with E-state index in [1.165, 1.54) is 11.1 Å². The van der Waals surface area contributed by atoms with Gasteiger partial charge in [-0.05, 0) is 79.6 Å².